The molecule has 2 aromatic rings. The molecule has 1 atom stereocenters. The van der Waals surface area contributed by atoms with Gasteiger partial charge in [-0.15, -0.1) is 0 Å². The standard InChI is InChI=1S/C24H24N4O4S/c1-14-7-8-18(15(2)11-14)28-23-19(24(30)32-10-9-31-3)20(26)21(33-23)22(29)27-17-6-4-5-16(12-17)13-25/h4-8,11-12,21H,9-10,26H2,1-3H3,(H,27,29). The molecule has 3 rings (SSSR count). The minimum atomic E-state index is -0.884. The van der Waals surface area contributed by atoms with Gasteiger partial charge in [0.15, 0.2) is 0 Å². The van der Waals surface area contributed by atoms with Crippen LogP contribution in [0.25, 0.3) is 0 Å². The number of methoxy groups -OCH3 is 1. The Morgan fingerprint density at radius 3 is 2.70 bits per heavy atom. The van der Waals surface area contributed by atoms with Crippen molar-refractivity contribution >= 4 is 40.1 Å². The van der Waals surface area contributed by atoms with E-state index in [4.69, 9.17) is 20.5 Å². The van der Waals surface area contributed by atoms with Crippen molar-refractivity contribution in [3.63, 3.8) is 0 Å². The first-order valence-corrected chi connectivity index (χ1v) is 11.0. The molecule has 1 aliphatic heterocycles. The van der Waals surface area contributed by atoms with Gasteiger partial charge in [0.1, 0.15) is 22.5 Å². The van der Waals surface area contributed by atoms with E-state index in [0.29, 0.717) is 22.0 Å². The molecule has 9 heteroatoms. The van der Waals surface area contributed by atoms with Gasteiger partial charge in [0.25, 0.3) is 0 Å². The first kappa shape index (κ1) is 24.0. The smallest absolute Gasteiger partial charge is 0.342 e. The second-order valence-electron chi connectivity index (χ2n) is 7.35. The van der Waals surface area contributed by atoms with Crippen LogP contribution >= 0.6 is 11.8 Å². The lowest BCUT2D eigenvalue weighted by atomic mass is 10.1. The molecule has 0 aliphatic carbocycles. The minimum absolute atomic E-state index is 0.0471. The Labute approximate surface area is 196 Å². The number of carbonyl (C=O) groups is 2. The van der Waals surface area contributed by atoms with E-state index in [0.717, 1.165) is 22.9 Å². The van der Waals surface area contributed by atoms with Crippen molar-refractivity contribution in [3.8, 4) is 6.07 Å². The van der Waals surface area contributed by atoms with Crippen LogP contribution in [0.4, 0.5) is 11.4 Å². The fourth-order valence-corrected chi connectivity index (χ4v) is 4.28. The molecule has 0 bridgehead atoms. The molecule has 0 saturated heterocycles. The number of aryl methyl sites for hydroxylation is 2. The van der Waals surface area contributed by atoms with E-state index in [1.807, 2.05) is 38.1 Å². The van der Waals surface area contributed by atoms with Crippen molar-refractivity contribution in [1.82, 2.24) is 0 Å². The monoisotopic (exact) mass is 464 g/mol. The van der Waals surface area contributed by atoms with Crippen molar-refractivity contribution < 1.29 is 19.1 Å². The number of nitrogens with one attached hydrogen (secondary N) is 1. The van der Waals surface area contributed by atoms with Crippen LogP contribution in [-0.4, -0.2) is 42.5 Å². The zero-order valence-corrected chi connectivity index (χ0v) is 19.4. The Bertz CT molecular complexity index is 1180. The maximum atomic E-state index is 13.0. The van der Waals surface area contributed by atoms with Crippen LogP contribution in [0, 0.1) is 25.2 Å². The van der Waals surface area contributed by atoms with Crippen LogP contribution in [0.3, 0.4) is 0 Å². The fraction of sp³-hybridized carbons (Fsp3) is 0.250. The van der Waals surface area contributed by atoms with Gasteiger partial charge < -0.3 is 20.5 Å². The zero-order valence-electron chi connectivity index (χ0n) is 18.5. The van der Waals surface area contributed by atoms with Crippen LogP contribution < -0.4 is 11.1 Å². The Hall–Kier alpha value is -3.61. The summed E-state index contributed by atoms with van der Waals surface area (Å²) in [6.07, 6.45) is 0. The number of rotatable bonds is 7. The molecule has 0 radical (unpaired) electrons. The zero-order chi connectivity index (χ0) is 24.0. The summed E-state index contributed by atoms with van der Waals surface area (Å²) >= 11 is 1.08. The van der Waals surface area contributed by atoms with Crippen molar-refractivity contribution in [2.24, 2.45) is 10.7 Å². The first-order chi connectivity index (χ1) is 15.8. The summed E-state index contributed by atoms with van der Waals surface area (Å²) in [6.45, 7) is 4.18. The van der Waals surface area contributed by atoms with Gasteiger partial charge in [0.2, 0.25) is 5.91 Å². The Morgan fingerprint density at radius 1 is 1.21 bits per heavy atom. The van der Waals surface area contributed by atoms with Crippen molar-refractivity contribution in [3.05, 3.63) is 70.4 Å². The molecule has 1 amide bonds. The number of ether oxygens (including phenoxy) is 2. The lowest BCUT2D eigenvalue weighted by molar-refractivity contribution is -0.139. The molecule has 1 heterocycles. The summed E-state index contributed by atoms with van der Waals surface area (Å²) in [5, 5.41) is 11.3. The number of anilines is 1. The van der Waals surface area contributed by atoms with E-state index in [-0.39, 0.29) is 24.5 Å². The highest BCUT2D eigenvalue weighted by Crippen LogP contribution is 2.36. The van der Waals surface area contributed by atoms with Gasteiger partial charge in [-0.3, -0.25) is 4.79 Å². The summed E-state index contributed by atoms with van der Waals surface area (Å²) in [7, 11) is 1.50. The van der Waals surface area contributed by atoms with Gasteiger partial charge in [-0.1, -0.05) is 35.5 Å². The van der Waals surface area contributed by atoms with Gasteiger partial charge in [0, 0.05) is 18.5 Å². The molecule has 0 spiro atoms. The minimum Gasteiger partial charge on any atom is -0.460 e. The quantitative estimate of drug-likeness (QED) is 0.475. The summed E-state index contributed by atoms with van der Waals surface area (Å²) in [4.78, 5) is 30.4. The maximum absolute atomic E-state index is 13.0. The van der Waals surface area contributed by atoms with Crippen LogP contribution in [-0.2, 0) is 19.1 Å². The summed E-state index contributed by atoms with van der Waals surface area (Å²) in [6, 6.07) is 14.3. The number of nitrogens with zero attached hydrogens (tertiary/aromatic N) is 2. The van der Waals surface area contributed by atoms with E-state index in [2.05, 4.69) is 10.3 Å². The summed E-state index contributed by atoms with van der Waals surface area (Å²) in [5.74, 6) is -1.09. The number of aliphatic imine (C=N–C) groups is 1. The van der Waals surface area contributed by atoms with Crippen LogP contribution in [0.5, 0.6) is 0 Å². The average Bonchev–Trinajstić information content (AvgIpc) is 3.12. The molecule has 3 N–H and O–H groups in total. The van der Waals surface area contributed by atoms with E-state index in [1.165, 1.54) is 7.11 Å². The molecular weight excluding hydrogens is 440 g/mol. The highest BCUT2D eigenvalue weighted by Gasteiger charge is 2.39. The number of thioether (sulfide) groups is 1. The van der Waals surface area contributed by atoms with Gasteiger partial charge in [-0.2, -0.15) is 5.26 Å². The lowest BCUT2D eigenvalue weighted by Crippen LogP contribution is -2.29. The molecule has 2 aromatic carbocycles. The first-order valence-electron chi connectivity index (χ1n) is 10.1. The van der Waals surface area contributed by atoms with Crippen LogP contribution in [0.1, 0.15) is 16.7 Å². The van der Waals surface area contributed by atoms with Crippen LogP contribution in [0.2, 0.25) is 0 Å². The fourth-order valence-electron chi connectivity index (χ4n) is 3.18. The third-order valence-electron chi connectivity index (χ3n) is 4.81. The largest absolute Gasteiger partial charge is 0.460 e. The predicted molar refractivity (Wildman–Crippen MR) is 128 cm³/mol. The van der Waals surface area contributed by atoms with Crippen LogP contribution in [0.15, 0.2) is 58.7 Å². The molecule has 33 heavy (non-hydrogen) atoms. The number of nitriles is 1. The molecule has 1 aliphatic rings. The average molecular weight is 465 g/mol. The predicted octanol–water partition coefficient (Wildman–Crippen LogP) is 3.36. The number of esters is 1. The molecule has 8 nitrogen and oxygen atoms in total. The van der Waals surface area contributed by atoms with E-state index in [9.17, 15) is 9.59 Å². The topological polar surface area (TPSA) is 127 Å². The van der Waals surface area contributed by atoms with Crippen molar-refractivity contribution in [1.29, 1.82) is 5.26 Å². The Kier molecular flexibility index (Phi) is 7.87. The second-order valence-corrected chi connectivity index (χ2v) is 8.44. The van der Waals surface area contributed by atoms with E-state index >= 15 is 0 Å². The molecule has 0 fully saturated rings. The van der Waals surface area contributed by atoms with Crippen molar-refractivity contribution in [2.45, 2.75) is 19.1 Å². The normalized spacial score (nSPS) is 16.5. The number of hydrogen-bond acceptors (Lipinski definition) is 8. The molecule has 0 aromatic heterocycles. The van der Waals surface area contributed by atoms with Gasteiger partial charge in [-0.05, 0) is 43.7 Å². The number of nitrogens with two attached hydrogens (primary N) is 1. The SMILES string of the molecule is COCCOC(=O)C1=C(N)C(C(=O)Nc2cccc(C#N)c2)SC1=Nc1ccc(C)cc1C. The Morgan fingerprint density at radius 2 is 2.00 bits per heavy atom. The number of carbonyl (C=O) groups excluding carboxylic acids is 2. The highest BCUT2D eigenvalue weighted by molar-refractivity contribution is 8.16. The number of hydrogen-bond donors (Lipinski definition) is 2. The summed E-state index contributed by atoms with van der Waals surface area (Å²) < 4.78 is 10.2. The third kappa shape index (κ3) is 5.80. The third-order valence-corrected chi connectivity index (χ3v) is 6.03. The van der Waals surface area contributed by atoms with Crippen molar-refractivity contribution in [2.75, 3.05) is 25.6 Å². The van der Waals surface area contributed by atoms with E-state index < -0.39 is 17.1 Å². The number of benzene rings is 2. The Balaban J connectivity index is 1.93. The van der Waals surface area contributed by atoms with Gasteiger partial charge in [0.05, 0.1) is 23.9 Å². The highest BCUT2D eigenvalue weighted by atomic mass is 32.2. The van der Waals surface area contributed by atoms with E-state index in [1.54, 1.807) is 24.3 Å². The summed E-state index contributed by atoms with van der Waals surface area (Å²) in [5.41, 5.74) is 9.96. The number of amides is 1. The second kappa shape index (κ2) is 10.8. The molecule has 0 saturated carbocycles. The van der Waals surface area contributed by atoms with Gasteiger partial charge in [-0.25, -0.2) is 9.79 Å². The lowest BCUT2D eigenvalue weighted by Gasteiger charge is -2.11. The van der Waals surface area contributed by atoms with Gasteiger partial charge >= 0.3 is 5.97 Å². The molecular formula is C24H24N4O4S. The maximum Gasteiger partial charge on any atom is 0.342 e. The molecule has 170 valence electrons. The molecule has 1 unspecified atom stereocenters.